The van der Waals surface area contributed by atoms with Crippen molar-refractivity contribution in [1.82, 2.24) is 14.8 Å². The van der Waals surface area contributed by atoms with E-state index >= 15 is 0 Å². The van der Waals surface area contributed by atoms with Crippen molar-refractivity contribution in [2.45, 2.75) is 6.54 Å². The van der Waals surface area contributed by atoms with E-state index in [-0.39, 0.29) is 17.3 Å². The number of methoxy groups -OCH3 is 1. The number of H-pyrrole nitrogens is 1. The average molecular weight is 434 g/mol. The third-order valence-electron chi connectivity index (χ3n) is 6.28. The number of ketones is 1. The lowest BCUT2D eigenvalue weighted by Crippen LogP contribution is -2.46. The van der Waals surface area contributed by atoms with Gasteiger partial charge < -0.3 is 19.6 Å². The van der Waals surface area contributed by atoms with Gasteiger partial charge in [0.2, 0.25) is 5.78 Å². The van der Waals surface area contributed by atoms with E-state index in [1.165, 1.54) is 0 Å². The van der Waals surface area contributed by atoms with Crippen molar-refractivity contribution in [2.24, 2.45) is 0 Å². The van der Waals surface area contributed by atoms with Crippen molar-refractivity contribution in [3.8, 4) is 11.5 Å². The number of phenolic OH excluding ortho intramolecular Hbond substituents is 1. The maximum atomic E-state index is 13.0. The van der Waals surface area contributed by atoms with Crippen LogP contribution in [-0.4, -0.2) is 72.1 Å². The molecule has 2 aliphatic rings. The van der Waals surface area contributed by atoms with Crippen molar-refractivity contribution in [2.75, 3.05) is 46.4 Å². The molecule has 2 aliphatic heterocycles. The second-order valence-electron chi connectivity index (χ2n) is 8.28. The zero-order chi connectivity index (χ0) is 22.1. The largest absolute Gasteiger partial charge is 0.507 e. The Morgan fingerprint density at radius 1 is 1.12 bits per heavy atom. The maximum absolute atomic E-state index is 13.0. The summed E-state index contributed by atoms with van der Waals surface area (Å²) >= 11 is 0. The summed E-state index contributed by atoms with van der Waals surface area (Å²) in [4.78, 5) is 20.9. The van der Waals surface area contributed by atoms with Crippen molar-refractivity contribution in [3.05, 3.63) is 65.0 Å². The predicted octanol–water partition coefficient (Wildman–Crippen LogP) is 3.25. The smallest absolute Gasteiger partial charge is 0.231 e. The first-order valence-corrected chi connectivity index (χ1v) is 10.9. The van der Waals surface area contributed by atoms with Gasteiger partial charge in [0.1, 0.15) is 11.5 Å². The first kappa shape index (κ1) is 20.8. The van der Waals surface area contributed by atoms with Crippen molar-refractivity contribution in [1.29, 1.82) is 0 Å². The number of fused-ring (bicyclic) bond motifs is 2. The summed E-state index contributed by atoms with van der Waals surface area (Å²) in [7, 11) is 1.72. The fourth-order valence-corrected chi connectivity index (χ4v) is 4.42. The molecule has 0 unspecified atom stereocenters. The number of phenols is 1. The summed E-state index contributed by atoms with van der Waals surface area (Å²) in [6.45, 7) is 5.87. The number of aromatic hydroxyl groups is 1. The van der Waals surface area contributed by atoms with Crippen LogP contribution in [0.4, 0.5) is 0 Å². The zero-order valence-corrected chi connectivity index (χ0v) is 18.1. The number of allylic oxidation sites excluding steroid dienone is 1. The van der Waals surface area contributed by atoms with Gasteiger partial charge in [-0.1, -0.05) is 18.2 Å². The average Bonchev–Trinajstić information content (AvgIpc) is 3.36. The van der Waals surface area contributed by atoms with Gasteiger partial charge in [-0.05, 0) is 24.3 Å². The molecule has 7 nitrogen and oxygen atoms in total. The number of aromatic amines is 1. The molecule has 0 spiro atoms. The molecule has 166 valence electrons. The number of hydrogen-bond acceptors (Lipinski definition) is 6. The third-order valence-corrected chi connectivity index (χ3v) is 6.28. The minimum Gasteiger partial charge on any atom is -0.507 e. The summed E-state index contributed by atoms with van der Waals surface area (Å²) in [5, 5.41) is 11.6. The Labute approximate surface area is 186 Å². The second kappa shape index (κ2) is 8.78. The fraction of sp³-hybridized carbons (Fsp3) is 0.320. The van der Waals surface area contributed by atoms with Crippen LogP contribution in [0.25, 0.3) is 17.0 Å². The molecule has 0 atom stereocenters. The molecule has 5 rings (SSSR count). The molecular formula is C25H27N3O4. The summed E-state index contributed by atoms with van der Waals surface area (Å²) in [6, 6.07) is 11.2. The highest BCUT2D eigenvalue weighted by Gasteiger charge is 2.32. The van der Waals surface area contributed by atoms with Gasteiger partial charge in [-0.15, -0.1) is 0 Å². The van der Waals surface area contributed by atoms with Crippen LogP contribution in [-0.2, 0) is 11.3 Å². The normalized spacial score (nSPS) is 18.4. The van der Waals surface area contributed by atoms with Crippen LogP contribution in [0.15, 0.2) is 48.4 Å². The van der Waals surface area contributed by atoms with E-state index in [1.807, 2.05) is 30.5 Å². The number of rotatable bonds is 6. The standard InChI is InChI=1S/C25H27N3O4/c1-31-13-12-27-8-10-28(11-9-27)16-20-22(29)7-6-19-24(30)23(32-25(19)20)14-17-15-26-21-5-3-2-4-18(17)21/h2-7,14-15,26,29H,8-13,16H2,1H3. The Morgan fingerprint density at radius 3 is 2.72 bits per heavy atom. The van der Waals surface area contributed by atoms with Crippen molar-refractivity contribution in [3.63, 3.8) is 0 Å². The minimum absolute atomic E-state index is 0.157. The molecule has 2 aromatic carbocycles. The predicted molar refractivity (Wildman–Crippen MR) is 123 cm³/mol. The van der Waals surface area contributed by atoms with Gasteiger partial charge in [-0.2, -0.15) is 0 Å². The summed E-state index contributed by atoms with van der Waals surface area (Å²) in [6.07, 6.45) is 3.65. The Morgan fingerprint density at radius 2 is 1.91 bits per heavy atom. The van der Waals surface area contributed by atoms with Crippen molar-refractivity contribution >= 4 is 22.8 Å². The molecule has 1 saturated heterocycles. The molecule has 0 radical (unpaired) electrons. The lowest BCUT2D eigenvalue weighted by Gasteiger charge is -2.34. The zero-order valence-electron chi connectivity index (χ0n) is 18.1. The number of carbonyl (C=O) groups excluding carboxylic acids is 1. The highest BCUT2D eigenvalue weighted by atomic mass is 16.5. The van der Waals surface area contributed by atoms with Crippen LogP contribution < -0.4 is 4.74 Å². The van der Waals surface area contributed by atoms with Crippen molar-refractivity contribution < 1.29 is 19.4 Å². The van der Waals surface area contributed by atoms with E-state index in [4.69, 9.17) is 9.47 Å². The molecule has 3 aromatic rings. The Balaban J connectivity index is 1.36. The van der Waals surface area contributed by atoms with E-state index in [0.717, 1.165) is 55.8 Å². The molecule has 0 aliphatic carbocycles. The molecule has 0 saturated carbocycles. The lowest BCUT2D eigenvalue weighted by molar-refractivity contribution is 0.0931. The number of carbonyl (C=O) groups is 1. The number of Topliss-reactive ketones (excluding diaryl/α,β-unsaturated/α-hetero) is 1. The van der Waals surface area contributed by atoms with Gasteiger partial charge in [0, 0.05) is 69.0 Å². The summed E-state index contributed by atoms with van der Waals surface area (Å²) < 4.78 is 11.2. The van der Waals surface area contributed by atoms with Gasteiger partial charge in [-0.3, -0.25) is 14.6 Å². The minimum atomic E-state index is -0.157. The molecule has 0 amide bonds. The first-order chi connectivity index (χ1) is 15.6. The third kappa shape index (κ3) is 3.90. The number of aromatic nitrogens is 1. The van der Waals surface area contributed by atoms with Gasteiger partial charge >= 0.3 is 0 Å². The highest BCUT2D eigenvalue weighted by molar-refractivity contribution is 6.15. The van der Waals surface area contributed by atoms with Crippen LogP contribution in [0, 0.1) is 0 Å². The fourth-order valence-electron chi connectivity index (χ4n) is 4.42. The Bertz CT molecular complexity index is 1180. The summed E-state index contributed by atoms with van der Waals surface area (Å²) in [5.74, 6) is 0.756. The molecule has 1 fully saturated rings. The molecule has 7 heteroatoms. The van der Waals surface area contributed by atoms with E-state index in [1.54, 1.807) is 25.3 Å². The Kier molecular flexibility index (Phi) is 5.70. The summed E-state index contributed by atoms with van der Waals surface area (Å²) in [5.41, 5.74) is 3.08. The van der Waals surface area contributed by atoms with E-state index < -0.39 is 0 Å². The van der Waals surface area contributed by atoms with Crippen LogP contribution in [0.5, 0.6) is 11.5 Å². The SMILES string of the molecule is COCCN1CCN(Cc2c(O)ccc3c2OC(=Cc2c[nH]c4ccccc24)C3=O)CC1. The number of nitrogens with zero attached hydrogens (tertiary/aromatic N) is 2. The van der Waals surface area contributed by atoms with Gasteiger partial charge in [0.15, 0.2) is 5.76 Å². The Hall–Kier alpha value is -3.13. The van der Waals surface area contributed by atoms with E-state index in [2.05, 4.69) is 14.8 Å². The topological polar surface area (TPSA) is 78.0 Å². The molecule has 3 heterocycles. The number of hydrogen-bond donors (Lipinski definition) is 2. The van der Waals surface area contributed by atoms with Gasteiger partial charge in [0.25, 0.3) is 0 Å². The van der Waals surface area contributed by atoms with Crippen LogP contribution >= 0.6 is 0 Å². The van der Waals surface area contributed by atoms with Crippen LogP contribution in [0.1, 0.15) is 21.5 Å². The second-order valence-corrected chi connectivity index (χ2v) is 8.28. The van der Waals surface area contributed by atoms with Gasteiger partial charge in [-0.25, -0.2) is 0 Å². The molecular weight excluding hydrogens is 406 g/mol. The first-order valence-electron chi connectivity index (χ1n) is 10.9. The number of piperazine rings is 1. The van der Waals surface area contributed by atoms with Gasteiger partial charge in [0.05, 0.1) is 17.7 Å². The monoisotopic (exact) mass is 433 g/mol. The number of para-hydroxylation sites is 1. The van der Waals surface area contributed by atoms with E-state index in [0.29, 0.717) is 23.4 Å². The lowest BCUT2D eigenvalue weighted by atomic mass is 10.0. The number of nitrogens with one attached hydrogen (secondary N) is 1. The van der Waals surface area contributed by atoms with E-state index in [9.17, 15) is 9.90 Å². The molecule has 32 heavy (non-hydrogen) atoms. The molecule has 1 aromatic heterocycles. The number of ether oxygens (including phenoxy) is 2. The maximum Gasteiger partial charge on any atom is 0.231 e. The molecule has 2 N–H and O–H groups in total. The number of benzene rings is 2. The molecule has 0 bridgehead atoms. The van der Waals surface area contributed by atoms with Crippen LogP contribution in [0.2, 0.25) is 0 Å². The quantitative estimate of drug-likeness (QED) is 0.581. The highest BCUT2D eigenvalue weighted by Crippen LogP contribution is 2.40. The van der Waals surface area contributed by atoms with Crippen LogP contribution in [0.3, 0.4) is 0 Å².